The zero-order chi connectivity index (χ0) is 16.4. The average Bonchev–Trinajstić information content (AvgIpc) is 3.26. The van der Waals surface area contributed by atoms with Gasteiger partial charge in [-0.15, -0.1) is 0 Å². The number of hydrogen-bond donors (Lipinski definition) is 0. The first-order chi connectivity index (χ1) is 11.8. The Morgan fingerprint density at radius 1 is 1.08 bits per heavy atom. The summed E-state index contributed by atoms with van der Waals surface area (Å²) < 4.78 is 5.42. The molecule has 0 radical (unpaired) electrons. The van der Waals surface area contributed by atoms with Gasteiger partial charge < -0.3 is 4.52 Å². The van der Waals surface area contributed by atoms with Gasteiger partial charge >= 0.3 is 0 Å². The maximum Gasteiger partial charge on any atom is 0.241 e. The van der Waals surface area contributed by atoms with Crippen molar-refractivity contribution in [3.63, 3.8) is 0 Å². The van der Waals surface area contributed by atoms with E-state index in [2.05, 4.69) is 21.1 Å². The molecule has 1 saturated heterocycles. The zero-order valence-corrected chi connectivity index (χ0v) is 14.0. The summed E-state index contributed by atoms with van der Waals surface area (Å²) in [5.41, 5.74) is 2.21. The SMILES string of the molecule is Clc1ccccc1[C@H]1CCN(Cc2nc(-c3ccccc3)no2)C1. The minimum atomic E-state index is 0.468. The molecule has 1 atom stereocenters. The third-order valence-corrected chi connectivity index (χ3v) is 4.82. The molecule has 1 fully saturated rings. The number of likely N-dealkylation sites (tertiary alicyclic amines) is 1. The predicted octanol–water partition coefficient (Wildman–Crippen LogP) is 4.38. The van der Waals surface area contributed by atoms with E-state index in [9.17, 15) is 0 Å². The van der Waals surface area contributed by atoms with Crippen LogP contribution in [0.15, 0.2) is 59.1 Å². The normalized spacial score (nSPS) is 18.1. The molecule has 3 aromatic rings. The van der Waals surface area contributed by atoms with E-state index in [1.54, 1.807) is 0 Å². The van der Waals surface area contributed by atoms with E-state index < -0.39 is 0 Å². The highest BCUT2D eigenvalue weighted by Gasteiger charge is 2.26. The lowest BCUT2D eigenvalue weighted by atomic mass is 9.98. The summed E-state index contributed by atoms with van der Waals surface area (Å²) >= 11 is 6.32. The fourth-order valence-electron chi connectivity index (χ4n) is 3.25. The lowest BCUT2D eigenvalue weighted by Crippen LogP contribution is -2.20. The Morgan fingerprint density at radius 3 is 2.71 bits per heavy atom. The average molecular weight is 340 g/mol. The molecule has 0 amide bonds. The van der Waals surface area contributed by atoms with Crippen LogP contribution < -0.4 is 0 Å². The maximum absolute atomic E-state index is 6.32. The highest BCUT2D eigenvalue weighted by Crippen LogP contribution is 2.32. The molecule has 2 aromatic carbocycles. The van der Waals surface area contributed by atoms with Crippen molar-refractivity contribution in [1.82, 2.24) is 15.0 Å². The molecule has 0 saturated carbocycles. The van der Waals surface area contributed by atoms with E-state index in [1.807, 2.05) is 48.5 Å². The Morgan fingerprint density at radius 2 is 1.88 bits per heavy atom. The van der Waals surface area contributed by atoms with Gasteiger partial charge in [0.1, 0.15) is 0 Å². The quantitative estimate of drug-likeness (QED) is 0.707. The number of halogens is 1. The van der Waals surface area contributed by atoms with Crippen LogP contribution in [0.4, 0.5) is 0 Å². The second kappa shape index (κ2) is 6.75. The first-order valence-corrected chi connectivity index (χ1v) is 8.52. The Balaban J connectivity index is 1.42. The second-order valence-electron chi connectivity index (χ2n) is 6.12. The van der Waals surface area contributed by atoms with Gasteiger partial charge in [0.25, 0.3) is 0 Å². The molecule has 24 heavy (non-hydrogen) atoms. The van der Waals surface area contributed by atoms with Gasteiger partial charge in [0.05, 0.1) is 6.54 Å². The van der Waals surface area contributed by atoms with Crippen LogP contribution in [-0.4, -0.2) is 28.1 Å². The van der Waals surface area contributed by atoms with Crippen molar-refractivity contribution in [2.75, 3.05) is 13.1 Å². The lowest BCUT2D eigenvalue weighted by molar-refractivity contribution is 0.265. The molecule has 5 heteroatoms. The maximum atomic E-state index is 6.32. The number of nitrogens with zero attached hydrogens (tertiary/aromatic N) is 3. The lowest BCUT2D eigenvalue weighted by Gasteiger charge is -2.14. The summed E-state index contributed by atoms with van der Waals surface area (Å²) in [7, 11) is 0. The van der Waals surface area contributed by atoms with Crippen LogP contribution in [-0.2, 0) is 6.54 Å². The van der Waals surface area contributed by atoms with Crippen LogP contribution in [0.1, 0.15) is 23.8 Å². The Labute approximate surface area is 146 Å². The Hall–Kier alpha value is -2.17. The van der Waals surface area contributed by atoms with Gasteiger partial charge in [0, 0.05) is 17.1 Å². The number of hydrogen-bond acceptors (Lipinski definition) is 4. The van der Waals surface area contributed by atoms with Gasteiger partial charge in [-0.25, -0.2) is 0 Å². The van der Waals surface area contributed by atoms with Crippen LogP contribution in [0.5, 0.6) is 0 Å². The molecule has 0 unspecified atom stereocenters. The standard InChI is InChI=1S/C19H18ClN3O/c20-17-9-5-4-8-16(17)15-10-11-23(12-15)13-18-21-19(22-24-18)14-6-2-1-3-7-14/h1-9,15H,10-13H2/t15-/m0/s1. The summed E-state index contributed by atoms with van der Waals surface area (Å²) in [5.74, 6) is 1.77. The smallest absolute Gasteiger partial charge is 0.241 e. The van der Waals surface area contributed by atoms with Crippen LogP contribution in [0, 0.1) is 0 Å². The Bertz CT molecular complexity index is 818. The summed E-state index contributed by atoms with van der Waals surface area (Å²) in [5, 5.41) is 4.94. The first-order valence-electron chi connectivity index (χ1n) is 8.14. The highest BCUT2D eigenvalue weighted by molar-refractivity contribution is 6.31. The first kappa shape index (κ1) is 15.4. The molecule has 1 aromatic heterocycles. The van der Waals surface area contributed by atoms with Gasteiger partial charge in [0.2, 0.25) is 11.7 Å². The van der Waals surface area contributed by atoms with Crippen molar-refractivity contribution in [2.24, 2.45) is 0 Å². The minimum absolute atomic E-state index is 0.468. The molecule has 1 aliphatic rings. The van der Waals surface area contributed by atoms with E-state index in [4.69, 9.17) is 16.1 Å². The monoisotopic (exact) mass is 339 g/mol. The predicted molar refractivity (Wildman–Crippen MR) is 93.8 cm³/mol. The van der Waals surface area contributed by atoms with Crippen molar-refractivity contribution < 1.29 is 4.52 Å². The van der Waals surface area contributed by atoms with Crippen molar-refractivity contribution >= 4 is 11.6 Å². The molecule has 4 nitrogen and oxygen atoms in total. The van der Waals surface area contributed by atoms with E-state index in [0.717, 1.165) is 30.1 Å². The zero-order valence-electron chi connectivity index (χ0n) is 13.2. The number of aromatic nitrogens is 2. The molecule has 1 aliphatic heterocycles. The van der Waals surface area contributed by atoms with Crippen LogP contribution in [0.2, 0.25) is 5.02 Å². The van der Waals surface area contributed by atoms with Crippen molar-refractivity contribution in [2.45, 2.75) is 18.9 Å². The topological polar surface area (TPSA) is 42.2 Å². The van der Waals surface area contributed by atoms with Crippen LogP contribution in [0.3, 0.4) is 0 Å². The Kier molecular flexibility index (Phi) is 4.32. The van der Waals surface area contributed by atoms with Gasteiger partial charge in [0.15, 0.2) is 0 Å². The van der Waals surface area contributed by atoms with Crippen LogP contribution >= 0.6 is 11.6 Å². The molecule has 0 bridgehead atoms. The molecule has 0 N–H and O–H groups in total. The van der Waals surface area contributed by atoms with E-state index in [-0.39, 0.29) is 0 Å². The van der Waals surface area contributed by atoms with Gasteiger partial charge in [-0.3, -0.25) is 4.90 Å². The van der Waals surface area contributed by atoms with Crippen molar-refractivity contribution in [1.29, 1.82) is 0 Å². The summed E-state index contributed by atoms with van der Waals surface area (Å²) in [6, 6.07) is 18.0. The van der Waals surface area contributed by atoms with E-state index in [1.165, 1.54) is 5.56 Å². The summed E-state index contributed by atoms with van der Waals surface area (Å²) in [6.45, 7) is 2.66. The van der Waals surface area contributed by atoms with Crippen molar-refractivity contribution in [3.05, 3.63) is 71.1 Å². The molecule has 122 valence electrons. The molecular weight excluding hydrogens is 322 g/mol. The third kappa shape index (κ3) is 3.21. The molecule has 4 rings (SSSR count). The minimum Gasteiger partial charge on any atom is -0.338 e. The fourth-order valence-corrected chi connectivity index (χ4v) is 3.54. The van der Waals surface area contributed by atoms with E-state index in [0.29, 0.717) is 24.2 Å². The van der Waals surface area contributed by atoms with Crippen LogP contribution in [0.25, 0.3) is 11.4 Å². The van der Waals surface area contributed by atoms with E-state index >= 15 is 0 Å². The number of rotatable bonds is 4. The molecule has 2 heterocycles. The summed E-state index contributed by atoms with van der Waals surface area (Å²) in [6.07, 6.45) is 1.10. The molecule has 0 spiro atoms. The van der Waals surface area contributed by atoms with Crippen molar-refractivity contribution in [3.8, 4) is 11.4 Å². The van der Waals surface area contributed by atoms with Gasteiger partial charge in [-0.05, 0) is 30.5 Å². The van der Waals surface area contributed by atoms with Gasteiger partial charge in [-0.1, -0.05) is 65.3 Å². The third-order valence-electron chi connectivity index (χ3n) is 4.48. The summed E-state index contributed by atoms with van der Waals surface area (Å²) in [4.78, 5) is 6.86. The second-order valence-corrected chi connectivity index (χ2v) is 6.53. The highest BCUT2D eigenvalue weighted by atomic mass is 35.5. The molecular formula is C19H18ClN3O. The number of benzene rings is 2. The largest absolute Gasteiger partial charge is 0.338 e. The fraction of sp³-hybridized carbons (Fsp3) is 0.263. The molecule has 0 aliphatic carbocycles. The van der Waals surface area contributed by atoms with Gasteiger partial charge in [-0.2, -0.15) is 4.98 Å².